The van der Waals surface area contributed by atoms with Crippen LogP contribution in [0.1, 0.15) is 36.8 Å². The van der Waals surface area contributed by atoms with Crippen LogP contribution in [0.25, 0.3) is 0 Å². The molecule has 0 aliphatic heterocycles. The van der Waals surface area contributed by atoms with E-state index in [1.807, 2.05) is 6.07 Å². The van der Waals surface area contributed by atoms with E-state index in [4.69, 9.17) is 5.26 Å². The Labute approximate surface area is 119 Å². The molecule has 1 aliphatic carbocycles. The standard InChI is InChI=1S/C14H18N2O3S/c15-9-11-4-3-5-12(8-11)10-20(18,19)16-13-6-1-2-7-14(13)17/h3-5,8,13-14,16-17H,1-2,6-7,10H2. The summed E-state index contributed by atoms with van der Waals surface area (Å²) in [7, 11) is -3.51. The molecular weight excluding hydrogens is 276 g/mol. The minimum atomic E-state index is -3.51. The molecule has 5 nitrogen and oxygen atoms in total. The van der Waals surface area contributed by atoms with E-state index in [-0.39, 0.29) is 5.75 Å². The zero-order valence-electron chi connectivity index (χ0n) is 11.1. The van der Waals surface area contributed by atoms with Gasteiger partial charge in [0.2, 0.25) is 10.0 Å². The molecule has 1 aromatic carbocycles. The highest BCUT2D eigenvalue weighted by Crippen LogP contribution is 2.19. The summed E-state index contributed by atoms with van der Waals surface area (Å²) in [4.78, 5) is 0. The molecule has 0 saturated heterocycles. The minimum Gasteiger partial charge on any atom is -0.391 e. The van der Waals surface area contributed by atoms with Gasteiger partial charge in [0, 0.05) is 6.04 Å². The van der Waals surface area contributed by atoms with Gasteiger partial charge in [0.25, 0.3) is 0 Å². The van der Waals surface area contributed by atoms with Crippen molar-refractivity contribution in [3.05, 3.63) is 35.4 Å². The number of nitrogens with zero attached hydrogens (tertiary/aromatic N) is 1. The maximum atomic E-state index is 12.1. The third-order valence-electron chi connectivity index (χ3n) is 3.47. The molecule has 0 bridgehead atoms. The fourth-order valence-electron chi connectivity index (χ4n) is 2.47. The van der Waals surface area contributed by atoms with Crippen LogP contribution < -0.4 is 4.72 Å². The van der Waals surface area contributed by atoms with Gasteiger partial charge in [-0.05, 0) is 30.5 Å². The van der Waals surface area contributed by atoms with Crippen LogP contribution in [0, 0.1) is 11.3 Å². The first-order valence-electron chi connectivity index (χ1n) is 6.67. The third kappa shape index (κ3) is 4.04. The number of hydrogen-bond donors (Lipinski definition) is 2. The second kappa shape index (κ2) is 6.35. The van der Waals surface area contributed by atoms with Crippen molar-refractivity contribution in [1.82, 2.24) is 4.72 Å². The maximum absolute atomic E-state index is 12.1. The summed E-state index contributed by atoms with van der Waals surface area (Å²) in [6.45, 7) is 0. The Hall–Kier alpha value is -1.42. The molecule has 2 rings (SSSR count). The number of aliphatic hydroxyl groups is 1. The van der Waals surface area contributed by atoms with Crippen LogP contribution in [0.2, 0.25) is 0 Å². The highest BCUT2D eigenvalue weighted by molar-refractivity contribution is 7.88. The zero-order chi connectivity index (χ0) is 14.6. The number of benzene rings is 1. The van der Waals surface area contributed by atoms with Crippen LogP contribution in [-0.4, -0.2) is 25.7 Å². The van der Waals surface area contributed by atoms with Crippen molar-refractivity contribution in [2.75, 3.05) is 0 Å². The molecule has 1 fully saturated rings. The van der Waals surface area contributed by atoms with Gasteiger partial charge in [0.15, 0.2) is 0 Å². The van der Waals surface area contributed by atoms with Crippen molar-refractivity contribution in [3.63, 3.8) is 0 Å². The Balaban J connectivity index is 2.05. The summed E-state index contributed by atoms with van der Waals surface area (Å²) in [6.07, 6.45) is 2.55. The summed E-state index contributed by atoms with van der Waals surface area (Å²) in [5.74, 6) is -0.175. The van der Waals surface area contributed by atoms with E-state index in [1.165, 1.54) is 0 Å². The quantitative estimate of drug-likeness (QED) is 0.875. The van der Waals surface area contributed by atoms with E-state index < -0.39 is 22.2 Å². The molecule has 20 heavy (non-hydrogen) atoms. The molecule has 108 valence electrons. The fourth-order valence-corrected chi connectivity index (χ4v) is 3.91. The van der Waals surface area contributed by atoms with E-state index in [0.29, 0.717) is 24.0 Å². The lowest BCUT2D eigenvalue weighted by Gasteiger charge is -2.28. The first kappa shape index (κ1) is 15.0. The summed E-state index contributed by atoms with van der Waals surface area (Å²) in [6, 6.07) is 8.13. The molecule has 6 heteroatoms. The Bertz CT molecular complexity index is 607. The van der Waals surface area contributed by atoms with Gasteiger partial charge in [0.05, 0.1) is 23.5 Å². The van der Waals surface area contributed by atoms with Gasteiger partial charge in [-0.1, -0.05) is 25.0 Å². The smallest absolute Gasteiger partial charge is 0.216 e. The van der Waals surface area contributed by atoms with Crippen molar-refractivity contribution < 1.29 is 13.5 Å². The lowest BCUT2D eigenvalue weighted by atomic mass is 9.93. The minimum absolute atomic E-state index is 0.175. The van der Waals surface area contributed by atoms with E-state index >= 15 is 0 Å². The van der Waals surface area contributed by atoms with Gasteiger partial charge in [-0.2, -0.15) is 5.26 Å². The normalized spacial score (nSPS) is 23.2. The first-order valence-corrected chi connectivity index (χ1v) is 8.32. The second-order valence-electron chi connectivity index (χ2n) is 5.15. The van der Waals surface area contributed by atoms with E-state index in [0.717, 1.165) is 12.8 Å². The maximum Gasteiger partial charge on any atom is 0.216 e. The van der Waals surface area contributed by atoms with E-state index in [2.05, 4.69) is 4.72 Å². The molecule has 1 aliphatic rings. The van der Waals surface area contributed by atoms with Gasteiger partial charge in [-0.25, -0.2) is 13.1 Å². The number of aliphatic hydroxyl groups excluding tert-OH is 1. The van der Waals surface area contributed by atoms with Gasteiger partial charge < -0.3 is 5.11 Å². The van der Waals surface area contributed by atoms with Crippen molar-refractivity contribution in [1.29, 1.82) is 5.26 Å². The van der Waals surface area contributed by atoms with Crippen molar-refractivity contribution in [2.24, 2.45) is 0 Å². The summed E-state index contributed by atoms with van der Waals surface area (Å²) < 4.78 is 26.8. The lowest BCUT2D eigenvalue weighted by Crippen LogP contribution is -2.45. The molecular formula is C14H18N2O3S. The second-order valence-corrected chi connectivity index (χ2v) is 6.90. The van der Waals surface area contributed by atoms with Gasteiger partial charge in [0.1, 0.15) is 0 Å². The predicted molar refractivity (Wildman–Crippen MR) is 75.2 cm³/mol. The van der Waals surface area contributed by atoms with Crippen LogP contribution >= 0.6 is 0 Å². The van der Waals surface area contributed by atoms with Gasteiger partial charge in [-0.3, -0.25) is 0 Å². The van der Waals surface area contributed by atoms with Crippen molar-refractivity contribution in [3.8, 4) is 6.07 Å². The summed E-state index contributed by atoms with van der Waals surface area (Å²) in [5.41, 5.74) is 1.01. The highest BCUT2D eigenvalue weighted by Gasteiger charge is 2.27. The average molecular weight is 294 g/mol. The fraction of sp³-hybridized carbons (Fsp3) is 0.500. The van der Waals surface area contributed by atoms with E-state index in [1.54, 1.807) is 24.3 Å². The Kier molecular flexibility index (Phi) is 4.76. The molecule has 1 aromatic rings. The lowest BCUT2D eigenvalue weighted by molar-refractivity contribution is 0.101. The Morgan fingerprint density at radius 1 is 1.35 bits per heavy atom. The molecule has 0 radical (unpaired) electrons. The van der Waals surface area contributed by atoms with Crippen LogP contribution in [-0.2, 0) is 15.8 Å². The average Bonchev–Trinajstić information content (AvgIpc) is 2.41. The van der Waals surface area contributed by atoms with Crippen LogP contribution in [0.5, 0.6) is 0 Å². The highest BCUT2D eigenvalue weighted by atomic mass is 32.2. The van der Waals surface area contributed by atoms with Crippen LogP contribution in [0.15, 0.2) is 24.3 Å². The molecule has 2 N–H and O–H groups in total. The van der Waals surface area contributed by atoms with Gasteiger partial charge >= 0.3 is 0 Å². The number of nitrogens with one attached hydrogen (secondary N) is 1. The largest absolute Gasteiger partial charge is 0.391 e. The topological polar surface area (TPSA) is 90.2 Å². The van der Waals surface area contributed by atoms with E-state index in [9.17, 15) is 13.5 Å². The third-order valence-corrected chi connectivity index (χ3v) is 4.85. The van der Waals surface area contributed by atoms with Crippen molar-refractivity contribution in [2.45, 2.75) is 43.6 Å². The predicted octanol–water partition coefficient (Wildman–Crippen LogP) is 1.28. The summed E-state index contributed by atoms with van der Waals surface area (Å²) >= 11 is 0. The summed E-state index contributed by atoms with van der Waals surface area (Å²) in [5, 5.41) is 18.6. The molecule has 2 unspecified atom stereocenters. The first-order chi connectivity index (χ1) is 9.50. The number of sulfonamides is 1. The Morgan fingerprint density at radius 3 is 2.80 bits per heavy atom. The molecule has 0 amide bonds. The molecule has 0 aromatic heterocycles. The number of hydrogen-bond acceptors (Lipinski definition) is 4. The Morgan fingerprint density at radius 2 is 2.10 bits per heavy atom. The molecule has 2 atom stereocenters. The molecule has 0 heterocycles. The monoisotopic (exact) mass is 294 g/mol. The number of rotatable bonds is 4. The SMILES string of the molecule is N#Cc1cccc(CS(=O)(=O)NC2CCCCC2O)c1. The number of nitriles is 1. The van der Waals surface area contributed by atoms with Gasteiger partial charge in [-0.15, -0.1) is 0 Å². The molecule has 1 saturated carbocycles. The van der Waals surface area contributed by atoms with Crippen LogP contribution in [0.4, 0.5) is 0 Å². The molecule has 0 spiro atoms. The van der Waals surface area contributed by atoms with Crippen molar-refractivity contribution >= 4 is 10.0 Å². The van der Waals surface area contributed by atoms with Crippen LogP contribution in [0.3, 0.4) is 0 Å². The zero-order valence-corrected chi connectivity index (χ0v) is 11.9.